The Morgan fingerprint density at radius 1 is 1.17 bits per heavy atom. The Bertz CT molecular complexity index is 682. The number of nitrogen functional groups attached to an aromatic ring is 1. The number of carbonyl (C=O) groups excluding carboxylic acids is 1. The molecule has 122 valence electrons. The molecule has 2 rings (SSSR count). The highest BCUT2D eigenvalue weighted by Crippen LogP contribution is 2.27. The maximum atomic E-state index is 12.9. The molecule has 0 bridgehead atoms. The van der Waals surface area contributed by atoms with Crippen LogP contribution < -0.4 is 15.2 Å². The van der Waals surface area contributed by atoms with Gasteiger partial charge in [-0.1, -0.05) is 37.1 Å². The molecule has 0 amide bonds. The summed E-state index contributed by atoms with van der Waals surface area (Å²) >= 11 is 0. The largest absolute Gasteiger partial charge is 0.496 e. The predicted octanol–water partition coefficient (Wildman–Crippen LogP) is 4.02. The van der Waals surface area contributed by atoms with Crippen LogP contribution in [0.5, 0.6) is 11.5 Å². The van der Waals surface area contributed by atoms with Crippen LogP contribution in [-0.2, 0) is 0 Å². The quantitative estimate of drug-likeness (QED) is 0.619. The van der Waals surface area contributed by atoms with Crippen LogP contribution in [0, 0.1) is 6.92 Å². The number of ketones is 1. The summed E-state index contributed by atoms with van der Waals surface area (Å²) in [5, 5.41) is 0. The van der Waals surface area contributed by atoms with E-state index in [0.29, 0.717) is 29.2 Å². The van der Waals surface area contributed by atoms with Gasteiger partial charge in [0, 0.05) is 0 Å². The van der Waals surface area contributed by atoms with Crippen LogP contribution in [0.3, 0.4) is 0 Å². The van der Waals surface area contributed by atoms with E-state index in [1.807, 2.05) is 44.2 Å². The topological polar surface area (TPSA) is 61.5 Å². The van der Waals surface area contributed by atoms with Gasteiger partial charge in [-0.15, -0.1) is 0 Å². The number of aryl methyl sites for hydroxylation is 1. The van der Waals surface area contributed by atoms with Crippen molar-refractivity contribution in [3.63, 3.8) is 0 Å². The van der Waals surface area contributed by atoms with Gasteiger partial charge in [-0.25, -0.2) is 0 Å². The number of hydrogen-bond donors (Lipinski definition) is 1. The molecule has 2 aromatic carbocycles. The molecular weight excluding hydrogens is 290 g/mol. The first-order chi connectivity index (χ1) is 11.1. The number of anilines is 1. The molecule has 0 aliphatic rings. The van der Waals surface area contributed by atoms with Crippen molar-refractivity contribution in [2.24, 2.45) is 0 Å². The molecular formula is C19H23NO3. The van der Waals surface area contributed by atoms with E-state index in [-0.39, 0.29) is 5.78 Å². The SMILES string of the molecule is CCCC(Oc1ccccc1N)C(=O)c1cc(C)ccc1OC. The number of nitrogens with two attached hydrogens (primary N) is 1. The molecule has 4 nitrogen and oxygen atoms in total. The molecule has 2 N–H and O–H groups in total. The van der Waals surface area contributed by atoms with Crippen LogP contribution in [0.2, 0.25) is 0 Å². The third-order valence-corrected chi connectivity index (χ3v) is 3.65. The lowest BCUT2D eigenvalue weighted by atomic mass is 10.00. The fraction of sp³-hybridized carbons (Fsp3) is 0.316. The molecule has 1 unspecified atom stereocenters. The maximum absolute atomic E-state index is 12.9. The van der Waals surface area contributed by atoms with Crippen molar-refractivity contribution in [2.45, 2.75) is 32.8 Å². The van der Waals surface area contributed by atoms with Gasteiger partial charge in [0.1, 0.15) is 11.5 Å². The second-order valence-corrected chi connectivity index (χ2v) is 5.50. The van der Waals surface area contributed by atoms with Gasteiger partial charge in [0.05, 0.1) is 18.4 Å². The van der Waals surface area contributed by atoms with Crippen molar-refractivity contribution >= 4 is 11.5 Å². The number of Topliss-reactive ketones (excluding diaryl/α,β-unsaturated/α-hetero) is 1. The molecule has 0 aliphatic carbocycles. The summed E-state index contributed by atoms with van der Waals surface area (Å²) in [6.45, 7) is 3.96. The van der Waals surface area contributed by atoms with E-state index in [2.05, 4.69) is 0 Å². The Hall–Kier alpha value is -2.49. The molecule has 1 atom stereocenters. The third kappa shape index (κ3) is 4.03. The lowest BCUT2D eigenvalue weighted by Crippen LogP contribution is -2.28. The second-order valence-electron chi connectivity index (χ2n) is 5.50. The average Bonchev–Trinajstić information content (AvgIpc) is 2.55. The smallest absolute Gasteiger partial charge is 0.207 e. The summed E-state index contributed by atoms with van der Waals surface area (Å²) in [6.07, 6.45) is 0.863. The minimum atomic E-state index is -0.583. The van der Waals surface area contributed by atoms with Gasteiger partial charge in [-0.2, -0.15) is 0 Å². The van der Waals surface area contributed by atoms with Crippen LogP contribution >= 0.6 is 0 Å². The zero-order valence-electron chi connectivity index (χ0n) is 13.8. The van der Waals surface area contributed by atoms with Crippen molar-refractivity contribution in [1.29, 1.82) is 0 Å². The van der Waals surface area contributed by atoms with E-state index in [1.54, 1.807) is 19.2 Å². The number of para-hydroxylation sites is 2. The second kappa shape index (κ2) is 7.68. The molecule has 0 heterocycles. The third-order valence-electron chi connectivity index (χ3n) is 3.65. The number of rotatable bonds is 7. The highest BCUT2D eigenvalue weighted by atomic mass is 16.5. The fourth-order valence-electron chi connectivity index (χ4n) is 2.43. The first-order valence-corrected chi connectivity index (χ1v) is 7.76. The Morgan fingerprint density at radius 2 is 1.91 bits per heavy atom. The van der Waals surface area contributed by atoms with E-state index in [0.717, 1.165) is 12.0 Å². The first-order valence-electron chi connectivity index (χ1n) is 7.76. The molecule has 2 aromatic rings. The molecule has 0 saturated carbocycles. The molecule has 4 heteroatoms. The first kappa shape index (κ1) is 16.9. The zero-order valence-corrected chi connectivity index (χ0v) is 13.8. The van der Waals surface area contributed by atoms with Gasteiger partial charge >= 0.3 is 0 Å². The Balaban J connectivity index is 2.32. The van der Waals surface area contributed by atoms with Crippen LogP contribution in [0.15, 0.2) is 42.5 Å². The summed E-state index contributed by atoms with van der Waals surface area (Å²) in [7, 11) is 1.56. The van der Waals surface area contributed by atoms with Crippen LogP contribution in [-0.4, -0.2) is 19.0 Å². The number of carbonyl (C=O) groups is 1. The monoisotopic (exact) mass is 313 g/mol. The molecule has 0 radical (unpaired) electrons. The van der Waals surface area contributed by atoms with Gasteiger partial charge in [0.2, 0.25) is 5.78 Å². The van der Waals surface area contributed by atoms with Gasteiger partial charge in [-0.3, -0.25) is 4.79 Å². The summed E-state index contributed by atoms with van der Waals surface area (Å²) in [6, 6.07) is 12.8. The van der Waals surface area contributed by atoms with Crippen LogP contribution in [0.1, 0.15) is 35.7 Å². The van der Waals surface area contributed by atoms with Gasteiger partial charge in [0.25, 0.3) is 0 Å². The number of ether oxygens (including phenoxy) is 2. The van der Waals surface area contributed by atoms with Crippen molar-refractivity contribution in [3.05, 3.63) is 53.6 Å². The molecule has 0 aromatic heterocycles. The lowest BCUT2D eigenvalue weighted by molar-refractivity contribution is 0.0775. The summed E-state index contributed by atoms with van der Waals surface area (Å²) < 4.78 is 11.2. The van der Waals surface area contributed by atoms with Crippen LogP contribution in [0.4, 0.5) is 5.69 Å². The van der Waals surface area contributed by atoms with E-state index < -0.39 is 6.10 Å². The lowest BCUT2D eigenvalue weighted by Gasteiger charge is -2.20. The molecule has 23 heavy (non-hydrogen) atoms. The number of benzene rings is 2. The van der Waals surface area contributed by atoms with Gasteiger partial charge in [-0.05, 0) is 37.6 Å². The molecule has 0 aliphatic heterocycles. The Kier molecular flexibility index (Phi) is 5.63. The molecule has 0 spiro atoms. The zero-order chi connectivity index (χ0) is 16.8. The molecule has 0 saturated heterocycles. The van der Waals surface area contributed by atoms with Crippen molar-refractivity contribution < 1.29 is 14.3 Å². The van der Waals surface area contributed by atoms with Gasteiger partial charge < -0.3 is 15.2 Å². The average molecular weight is 313 g/mol. The highest BCUT2D eigenvalue weighted by molar-refractivity contribution is 6.02. The van der Waals surface area contributed by atoms with Crippen molar-refractivity contribution in [1.82, 2.24) is 0 Å². The summed E-state index contributed by atoms with van der Waals surface area (Å²) in [4.78, 5) is 12.9. The molecule has 0 fully saturated rings. The standard InChI is InChI=1S/C19H23NO3/c1-4-7-18(23-17-9-6-5-8-15(17)20)19(21)14-12-13(2)10-11-16(14)22-3/h5-6,8-12,18H,4,7,20H2,1-3H3. The van der Waals surface area contributed by atoms with Crippen molar-refractivity contribution in [2.75, 3.05) is 12.8 Å². The normalized spacial score (nSPS) is 11.8. The number of hydrogen-bond acceptors (Lipinski definition) is 4. The van der Waals surface area contributed by atoms with E-state index in [4.69, 9.17) is 15.2 Å². The van der Waals surface area contributed by atoms with E-state index in [9.17, 15) is 4.79 Å². The van der Waals surface area contributed by atoms with Crippen LogP contribution in [0.25, 0.3) is 0 Å². The van der Waals surface area contributed by atoms with Crippen molar-refractivity contribution in [3.8, 4) is 11.5 Å². The number of methoxy groups -OCH3 is 1. The fourth-order valence-corrected chi connectivity index (χ4v) is 2.43. The Labute approximate surface area is 137 Å². The maximum Gasteiger partial charge on any atom is 0.207 e. The highest BCUT2D eigenvalue weighted by Gasteiger charge is 2.25. The van der Waals surface area contributed by atoms with E-state index in [1.165, 1.54) is 0 Å². The van der Waals surface area contributed by atoms with Gasteiger partial charge in [0.15, 0.2) is 6.10 Å². The summed E-state index contributed by atoms with van der Waals surface area (Å²) in [5.74, 6) is 1.01. The minimum absolute atomic E-state index is 0.0874. The minimum Gasteiger partial charge on any atom is -0.496 e. The summed E-state index contributed by atoms with van der Waals surface area (Å²) in [5.41, 5.74) is 7.99. The van der Waals surface area contributed by atoms with E-state index >= 15 is 0 Å². The Morgan fingerprint density at radius 3 is 2.57 bits per heavy atom. The predicted molar refractivity (Wildman–Crippen MR) is 92.2 cm³/mol.